The van der Waals surface area contributed by atoms with Crippen molar-refractivity contribution < 1.29 is 14.3 Å². The number of aromatic nitrogens is 3. The summed E-state index contributed by atoms with van der Waals surface area (Å²) in [6.45, 7) is 6.59. The first-order valence-electron chi connectivity index (χ1n) is 11.7. The number of nitrogens with zero attached hydrogens (tertiary/aromatic N) is 3. The van der Waals surface area contributed by atoms with Gasteiger partial charge in [0, 0.05) is 17.8 Å². The van der Waals surface area contributed by atoms with Crippen molar-refractivity contribution >= 4 is 41.0 Å². The molecule has 36 heavy (non-hydrogen) atoms. The molecule has 2 amide bonds. The van der Waals surface area contributed by atoms with Gasteiger partial charge in [-0.1, -0.05) is 23.9 Å². The number of carbonyl (C=O) groups is 2. The van der Waals surface area contributed by atoms with Crippen molar-refractivity contribution in [2.24, 2.45) is 0 Å². The minimum Gasteiger partial charge on any atom is -0.497 e. The number of methoxy groups -OCH3 is 1. The van der Waals surface area contributed by atoms with Crippen LogP contribution in [-0.4, -0.2) is 51.5 Å². The van der Waals surface area contributed by atoms with Crippen LogP contribution in [-0.2, 0) is 11.3 Å². The lowest BCUT2D eigenvalue weighted by Crippen LogP contribution is -2.31. The number of rotatable bonds is 12. The van der Waals surface area contributed by atoms with Crippen LogP contribution in [0, 0.1) is 13.8 Å². The van der Waals surface area contributed by atoms with Gasteiger partial charge in [0.1, 0.15) is 5.75 Å². The summed E-state index contributed by atoms with van der Waals surface area (Å²) in [7, 11) is 1.59. The van der Waals surface area contributed by atoms with E-state index >= 15 is 0 Å². The highest BCUT2D eigenvalue weighted by molar-refractivity contribution is 7.99. The largest absolute Gasteiger partial charge is 0.497 e. The van der Waals surface area contributed by atoms with Crippen LogP contribution in [0.5, 0.6) is 5.75 Å². The number of carbonyl (C=O) groups excluding carboxylic acids is 2. The Morgan fingerprint density at radius 3 is 2.53 bits per heavy atom. The quantitative estimate of drug-likeness (QED) is 0.324. The molecule has 0 aliphatic rings. The molecule has 1 unspecified atom stereocenters. The molecule has 10 heteroatoms. The number of ether oxygens (including phenoxy) is 1. The van der Waals surface area contributed by atoms with Crippen LogP contribution in [0.25, 0.3) is 0 Å². The molecule has 1 heterocycles. The summed E-state index contributed by atoms with van der Waals surface area (Å²) in [5.74, 6) is 2.15. The van der Waals surface area contributed by atoms with E-state index in [0.717, 1.165) is 22.6 Å². The smallest absolute Gasteiger partial charge is 0.251 e. The zero-order valence-corrected chi connectivity index (χ0v) is 23.0. The van der Waals surface area contributed by atoms with Gasteiger partial charge in [-0.25, -0.2) is 0 Å². The molecule has 1 atom stereocenters. The molecule has 0 fully saturated rings. The van der Waals surface area contributed by atoms with E-state index in [0.29, 0.717) is 35.3 Å². The summed E-state index contributed by atoms with van der Waals surface area (Å²) in [6.07, 6.45) is 2.74. The molecule has 3 aromatic rings. The third-order valence-electron chi connectivity index (χ3n) is 5.64. The number of amides is 2. The Morgan fingerprint density at radius 1 is 1.11 bits per heavy atom. The highest BCUT2D eigenvalue weighted by Crippen LogP contribution is 2.25. The Balaban J connectivity index is 1.71. The van der Waals surface area contributed by atoms with Crippen LogP contribution in [0.2, 0.25) is 0 Å². The predicted octanol–water partition coefficient (Wildman–Crippen LogP) is 4.88. The molecule has 8 nitrogen and oxygen atoms in total. The minimum absolute atomic E-state index is 0.104. The van der Waals surface area contributed by atoms with Crippen molar-refractivity contribution in [2.75, 3.05) is 30.2 Å². The van der Waals surface area contributed by atoms with Gasteiger partial charge < -0.3 is 19.9 Å². The van der Waals surface area contributed by atoms with Gasteiger partial charge in [0.2, 0.25) is 5.91 Å². The molecular weight excluding hydrogens is 494 g/mol. The number of anilines is 1. The minimum atomic E-state index is -0.308. The first-order valence-corrected chi connectivity index (χ1v) is 14.1. The monoisotopic (exact) mass is 527 g/mol. The van der Waals surface area contributed by atoms with Gasteiger partial charge in [0.15, 0.2) is 11.0 Å². The SMILES string of the molecule is CCn1c(SCC(=O)Nc2cc(C)ccc2C)nnc1C(CCSC)NC(=O)c1ccc(OC)cc1. The number of nitrogens with one attached hydrogen (secondary N) is 2. The fourth-order valence-electron chi connectivity index (χ4n) is 3.63. The third kappa shape index (κ3) is 7.27. The van der Waals surface area contributed by atoms with E-state index in [4.69, 9.17) is 4.74 Å². The van der Waals surface area contributed by atoms with Gasteiger partial charge >= 0.3 is 0 Å². The maximum atomic E-state index is 13.0. The average molecular weight is 528 g/mol. The summed E-state index contributed by atoms with van der Waals surface area (Å²) >= 11 is 3.04. The van der Waals surface area contributed by atoms with Crippen molar-refractivity contribution in [1.82, 2.24) is 20.1 Å². The van der Waals surface area contributed by atoms with E-state index < -0.39 is 0 Å². The van der Waals surface area contributed by atoms with E-state index in [1.165, 1.54) is 11.8 Å². The zero-order valence-electron chi connectivity index (χ0n) is 21.3. The lowest BCUT2D eigenvalue weighted by molar-refractivity contribution is -0.113. The van der Waals surface area contributed by atoms with E-state index in [-0.39, 0.29) is 23.6 Å². The predicted molar refractivity (Wildman–Crippen MR) is 147 cm³/mol. The van der Waals surface area contributed by atoms with Crippen LogP contribution < -0.4 is 15.4 Å². The number of hydrogen-bond acceptors (Lipinski definition) is 7. The van der Waals surface area contributed by atoms with Crippen molar-refractivity contribution in [1.29, 1.82) is 0 Å². The van der Waals surface area contributed by atoms with Gasteiger partial charge in [-0.05, 0) is 80.7 Å². The summed E-state index contributed by atoms with van der Waals surface area (Å²) < 4.78 is 7.15. The molecule has 0 saturated carbocycles. The standard InChI is InChI=1S/C26H33N5O3S2/c1-6-31-24(21(13-14-35-5)28-25(33)19-9-11-20(34-4)12-10-19)29-30-26(31)36-16-23(32)27-22-15-17(2)7-8-18(22)3/h7-12,15,21H,6,13-14,16H2,1-5H3,(H,27,32)(H,28,33). The lowest BCUT2D eigenvalue weighted by Gasteiger charge is -2.19. The summed E-state index contributed by atoms with van der Waals surface area (Å²) in [5.41, 5.74) is 3.47. The molecule has 0 radical (unpaired) electrons. The molecule has 2 aromatic carbocycles. The molecule has 1 aromatic heterocycles. The Hall–Kier alpha value is -2.98. The molecule has 0 aliphatic carbocycles. The van der Waals surface area contributed by atoms with Crippen LogP contribution in [0.3, 0.4) is 0 Å². The highest BCUT2D eigenvalue weighted by Gasteiger charge is 2.23. The van der Waals surface area contributed by atoms with Crippen LogP contribution in [0.4, 0.5) is 5.69 Å². The van der Waals surface area contributed by atoms with Gasteiger partial charge in [-0.3, -0.25) is 9.59 Å². The average Bonchev–Trinajstić information content (AvgIpc) is 3.30. The first-order chi connectivity index (χ1) is 17.4. The molecule has 0 bridgehead atoms. The Kier molecular flexibility index (Phi) is 10.2. The fourth-order valence-corrected chi connectivity index (χ4v) is 4.91. The number of benzene rings is 2. The second-order valence-electron chi connectivity index (χ2n) is 8.28. The number of aryl methyl sites for hydroxylation is 2. The van der Waals surface area contributed by atoms with Gasteiger partial charge in [-0.2, -0.15) is 11.8 Å². The number of thioether (sulfide) groups is 2. The van der Waals surface area contributed by atoms with Gasteiger partial charge in [0.25, 0.3) is 5.91 Å². The molecule has 2 N–H and O–H groups in total. The van der Waals surface area contributed by atoms with Crippen molar-refractivity contribution in [2.45, 2.75) is 44.9 Å². The molecular formula is C26H33N5O3S2. The normalized spacial score (nSPS) is 11.7. The van der Waals surface area contributed by atoms with Crippen molar-refractivity contribution in [3.8, 4) is 5.75 Å². The van der Waals surface area contributed by atoms with Crippen LogP contribution in [0.15, 0.2) is 47.6 Å². The Labute approximate surface area is 221 Å². The van der Waals surface area contributed by atoms with Gasteiger partial charge in [-0.15, -0.1) is 10.2 Å². The third-order valence-corrected chi connectivity index (χ3v) is 7.25. The topological polar surface area (TPSA) is 98.1 Å². The Bertz CT molecular complexity index is 1180. The summed E-state index contributed by atoms with van der Waals surface area (Å²) in [6, 6.07) is 12.7. The molecule has 0 spiro atoms. The van der Waals surface area contributed by atoms with Gasteiger partial charge in [0.05, 0.1) is 18.9 Å². The van der Waals surface area contributed by atoms with E-state index in [1.54, 1.807) is 43.1 Å². The maximum Gasteiger partial charge on any atom is 0.251 e. The molecule has 192 valence electrons. The molecule has 0 aliphatic heterocycles. The highest BCUT2D eigenvalue weighted by atomic mass is 32.2. The van der Waals surface area contributed by atoms with E-state index in [1.807, 2.05) is 49.8 Å². The fraction of sp³-hybridized carbons (Fsp3) is 0.385. The first kappa shape index (κ1) is 27.6. The molecule has 3 rings (SSSR count). The number of hydrogen-bond donors (Lipinski definition) is 2. The van der Waals surface area contributed by atoms with Crippen LogP contribution in [0.1, 0.15) is 46.7 Å². The second-order valence-corrected chi connectivity index (χ2v) is 10.2. The summed E-state index contributed by atoms with van der Waals surface area (Å²) in [4.78, 5) is 25.6. The lowest BCUT2D eigenvalue weighted by atomic mass is 10.1. The second kappa shape index (κ2) is 13.4. The van der Waals surface area contributed by atoms with E-state index in [9.17, 15) is 9.59 Å². The van der Waals surface area contributed by atoms with Crippen molar-refractivity contribution in [3.63, 3.8) is 0 Å². The maximum absolute atomic E-state index is 13.0. The summed E-state index contributed by atoms with van der Waals surface area (Å²) in [5, 5.41) is 15.5. The van der Waals surface area contributed by atoms with Crippen molar-refractivity contribution in [3.05, 3.63) is 65.0 Å². The Morgan fingerprint density at radius 2 is 1.86 bits per heavy atom. The molecule has 0 saturated heterocycles. The van der Waals surface area contributed by atoms with Crippen LogP contribution >= 0.6 is 23.5 Å². The zero-order chi connectivity index (χ0) is 26.1. The van der Waals surface area contributed by atoms with E-state index in [2.05, 4.69) is 20.8 Å².